The van der Waals surface area contributed by atoms with Crippen molar-refractivity contribution in [2.45, 2.75) is 25.9 Å². The lowest BCUT2D eigenvalue weighted by atomic mass is 9.88. The van der Waals surface area contributed by atoms with Crippen LogP contribution in [0.5, 0.6) is 0 Å². The lowest BCUT2D eigenvalue weighted by Crippen LogP contribution is -2.45. The number of Topliss-reactive ketones (excluding diaryl/α,β-unsaturated/α-hetero) is 1. The van der Waals surface area contributed by atoms with Gasteiger partial charge in [0.2, 0.25) is 0 Å². The van der Waals surface area contributed by atoms with E-state index in [-0.39, 0.29) is 57.8 Å². The highest BCUT2D eigenvalue weighted by Gasteiger charge is 2.34. The van der Waals surface area contributed by atoms with Crippen molar-refractivity contribution in [1.82, 2.24) is 15.3 Å². The first-order valence-electron chi connectivity index (χ1n) is 10.9. The predicted molar refractivity (Wildman–Crippen MR) is 137 cm³/mol. The van der Waals surface area contributed by atoms with Gasteiger partial charge in [-0.15, -0.1) is 0 Å². The number of aromatic nitrogens is 2. The quantitative estimate of drug-likeness (QED) is 0.359. The molecule has 0 radical (unpaired) electrons. The molecule has 0 saturated carbocycles. The smallest absolute Gasteiger partial charge is 0.348 e. The van der Waals surface area contributed by atoms with Gasteiger partial charge in [-0.1, -0.05) is 34.5 Å². The molecular formula is C21H26Cl2N4O7S2. The van der Waals surface area contributed by atoms with Gasteiger partial charge in [0.15, 0.2) is 16.6 Å². The molecule has 0 aromatic carbocycles. The van der Waals surface area contributed by atoms with Crippen LogP contribution in [0, 0.1) is 12.8 Å². The van der Waals surface area contributed by atoms with Gasteiger partial charge in [0.25, 0.3) is 5.91 Å². The number of thiazole rings is 1. The molecule has 0 unspecified atom stereocenters. The summed E-state index contributed by atoms with van der Waals surface area (Å²) in [6, 6.07) is 0. The molecule has 1 amide bonds. The summed E-state index contributed by atoms with van der Waals surface area (Å²) in [6.07, 6.45) is 1.40. The number of sulfone groups is 1. The van der Waals surface area contributed by atoms with E-state index in [0.29, 0.717) is 35.4 Å². The van der Waals surface area contributed by atoms with Crippen LogP contribution in [0.1, 0.15) is 49.2 Å². The Bertz CT molecular complexity index is 1280. The van der Waals surface area contributed by atoms with Crippen LogP contribution >= 0.6 is 34.5 Å². The summed E-state index contributed by atoms with van der Waals surface area (Å²) < 4.78 is 28.2. The SMILES string of the molecule is CO[C@H]1CN(c2nc(C(=O)NCCS(C)(=O)=O)c(C(=O)O)s2)CC[C@H]1CC(=O)c1[nH]c(C)c(Cl)c1Cl. The molecule has 3 heterocycles. The molecule has 3 rings (SSSR count). The summed E-state index contributed by atoms with van der Waals surface area (Å²) in [5.41, 5.74) is 0.585. The van der Waals surface area contributed by atoms with Gasteiger partial charge >= 0.3 is 5.97 Å². The fourth-order valence-electron chi connectivity index (χ4n) is 3.92. The van der Waals surface area contributed by atoms with E-state index in [2.05, 4.69) is 15.3 Å². The first-order chi connectivity index (χ1) is 16.8. The van der Waals surface area contributed by atoms with Gasteiger partial charge < -0.3 is 25.0 Å². The highest BCUT2D eigenvalue weighted by Crippen LogP contribution is 2.34. The van der Waals surface area contributed by atoms with Crippen molar-refractivity contribution in [2.24, 2.45) is 5.92 Å². The number of aryl methyl sites for hydroxylation is 1. The summed E-state index contributed by atoms with van der Waals surface area (Å²) in [6.45, 7) is 2.34. The van der Waals surface area contributed by atoms with Gasteiger partial charge in [-0.25, -0.2) is 18.2 Å². The number of piperidine rings is 1. The number of carbonyl (C=O) groups excluding carboxylic acids is 2. The molecule has 1 fully saturated rings. The average Bonchev–Trinajstić information content (AvgIpc) is 3.36. The third kappa shape index (κ3) is 6.57. The maximum absolute atomic E-state index is 12.9. The van der Waals surface area contributed by atoms with E-state index >= 15 is 0 Å². The second-order valence-corrected chi connectivity index (χ2v) is 12.5. The fraction of sp³-hybridized carbons (Fsp3) is 0.524. The van der Waals surface area contributed by atoms with Gasteiger partial charge in [-0.3, -0.25) is 9.59 Å². The summed E-state index contributed by atoms with van der Waals surface area (Å²) in [5.74, 6) is -2.67. The Morgan fingerprint density at radius 3 is 2.56 bits per heavy atom. The van der Waals surface area contributed by atoms with E-state index in [1.54, 1.807) is 6.92 Å². The Kier molecular flexibility index (Phi) is 9.04. The molecule has 0 spiro atoms. The average molecular weight is 582 g/mol. The van der Waals surface area contributed by atoms with Crippen molar-refractivity contribution in [3.05, 3.63) is 32.0 Å². The molecule has 2 aromatic rings. The van der Waals surface area contributed by atoms with Crippen molar-refractivity contribution >= 4 is 67.2 Å². The number of amides is 1. The Hall–Kier alpha value is -2.19. The molecule has 1 aliphatic rings. The number of hydrogen-bond donors (Lipinski definition) is 3. The van der Waals surface area contributed by atoms with E-state index in [4.69, 9.17) is 27.9 Å². The lowest BCUT2D eigenvalue weighted by Gasteiger charge is -2.37. The van der Waals surface area contributed by atoms with Crippen LogP contribution in [0.3, 0.4) is 0 Å². The number of carbonyl (C=O) groups is 3. The minimum Gasteiger partial charge on any atom is -0.477 e. The van der Waals surface area contributed by atoms with E-state index < -0.39 is 21.7 Å². The van der Waals surface area contributed by atoms with Crippen molar-refractivity contribution in [1.29, 1.82) is 0 Å². The fourth-order valence-corrected chi connectivity index (χ4v) is 5.77. The van der Waals surface area contributed by atoms with Crippen LogP contribution in [-0.4, -0.2) is 86.0 Å². The van der Waals surface area contributed by atoms with E-state index in [0.717, 1.165) is 17.6 Å². The molecule has 2 aromatic heterocycles. The molecule has 36 heavy (non-hydrogen) atoms. The first kappa shape index (κ1) is 28.4. The lowest BCUT2D eigenvalue weighted by molar-refractivity contribution is 0.0375. The van der Waals surface area contributed by atoms with Gasteiger partial charge in [-0.2, -0.15) is 0 Å². The van der Waals surface area contributed by atoms with E-state index in [1.807, 2.05) is 4.90 Å². The highest BCUT2D eigenvalue weighted by molar-refractivity contribution is 7.90. The van der Waals surface area contributed by atoms with Crippen LogP contribution in [0.15, 0.2) is 0 Å². The molecule has 198 valence electrons. The number of aromatic carboxylic acids is 1. The van der Waals surface area contributed by atoms with Gasteiger partial charge in [0, 0.05) is 45.1 Å². The summed E-state index contributed by atoms with van der Waals surface area (Å²) in [7, 11) is -1.77. The van der Waals surface area contributed by atoms with Crippen molar-refractivity contribution in [3.63, 3.8) is 0 Å². The number of anilines is 1. The summed E-state index contributed by atoms with van der Waals surface area (Å²) in [5, 5.41) is 12.8. The predicted octanol–water partition coefficient (Wildman–Crippen LogP) is 2.67. The van der Waals surface area contributed by atoms with Crippen LogP contribution < -0.4 is 10.2 Å². The minimum absolute atomic E-state index is 0.130. The number of aromatic amines is 1. The van der Waals surface area contributed by atoms with Crippen LogP contribution in [0.25, 0.3) is 0 Å². The summed E-state index contributed by atoms with van der Waals surface area (Å²) in [4.78, 5) is 45.8. The zero-order valence-electron chi connectivity index (χ0n) is 19.8. The Morgan fingerprint density at radius 2 is 2.00 bits per heavy atom. The number of H-pyrrole nitrogens is 1. The highest BCUT2D eigenvalue weighted by atomic mass is 35.5. The van der Waals surface area contributed by atoms with Crippen molar-refractivity contribution < 1.29 is 32.6 Å². The Morgan fingerprint density at radius 1 is 1.31 bits per heavy atom. The number of ketones is 1. The molecule has 0 aliphatic carbocycles. The number of nitrogens with zero attached hydrogens (tertiary/aromatic N) is 2. The Balaban J connectivity index is 1.72. The number of halogens is 2. The monoisotopic (exact) mass is 580 g/mol. The molecule has 15 heteroatoms. The number of rotatable bonds is 10. The third-order valence-corrected chi connectivity index (χ3v) is 8.83. The zero-order valence-corrected chi connectivity index (χ0v) is 22.9. The second-order valence-electron chi connectivity index (χ2n) is 8.51. The van der Waals surface area contributed by atoms with Crippen molar-refractivity contribution in [3.8, 4) is 0 Å². The third-order valence-electron chi connectivity index (χ3n) is 5.83. The van der Waals surface area contributed by atoms with Crippen LogP contribution in [0.2, 0.25) is 10.0 Å². The number of nitrogens with one attached hydrogen (secondary N) is 2. The molecule has 1 aliphatic heterocycles. The van der Waals surface area contributed by atoms with E-state index in [9.17, 15) is 27.9 Å². The second kappa shape index (κ2) is 11.5. The number of methoxy groups -OCH3 is 1. The van der Waals surface area contributed by atoms with Crippen molar-refractivity contribution in [2.75, 3.05) is 43.7 Å². The topological polar surface area (TPSA) is 159 Å². The van der Waals surface area contributed by atoms with Crippen LogP contribution in [-0.2, 0) is 14.6 Å². The summed E-state index contributed by atoms with van der Waals surface area (Å²) >= 11 is 13.1. The number of carboxylic acid groups (broad SMARTS) is 1. The number of carboxylic acids is 1. The Labute approximate surface area is 222 Å². The van der Waals surface area contributed by atoms with Gasteiger partial charge in [0.05, 0.1) is 21.9 Å². The normalized spacial score (nSPS) is 18.3. The van der Waals surface area contributed by atoms with Gasteiger partial charge in [-0.05, 0) is 19.3 Å². The molecule has 2 atom stereocenters. The molecular weight excluding hydrogens is 555 g/mol. The number of ether oxygens (including phenoxy) is 1. The maximum Gasteiger partial charge on any atom is 0.348 e. The van der Waals surface area contributed by atoms with Crippen LogP contribution in [0.4, 0.5) is 5.13 Å². The molecule has 11 nitrogen and oxygen atoms in total. The van der Waals surface area contributed by atoms with Gasteiger partial charge in [0.1, 0.15) is 20.4 Å². The minimum atomic E-state index is -3.30. The standard InChI is InChI=1S/C21H26Cl2N4O7S2/c1-10-14(22)15(23)16(25-10)12(28)8-11-4-6-27(9-13(11)34-2)21-26-17(18(35-21)20(30)31)19(29)24-5-7-36(3,32)33/h11,13,25H,4-9H2,1-3H3,(H,24,29)(H,30,31)/t11-,13-/m0/s1. The van der Waals surface area contributed by atoms with E-state index in [1.165, 1.54) is 7.11 Å². The largest absolute Gasteiger partial charge is 0.477 e. The molecule has 3 N–H and O–H groups in total. The zero-order chi connectivity index (χ0) is 26.8. The maximum atomic E-state index is 12.9. The first-order valence-corrected chi connectivity index (χ1v) is 14.5. The molecule has 0 bridgehead atoms. The molecule has 1 saturated heterocycles. The number of hydrogen-bond acceptors (Lipinski definition) is 9.